The van der Waals surface area contributed by atoms with Gasteiger partial charge in [0.15, 0.2) is 0 Å². The van der Waals surface area contributed by atoms with Gasteiger partial charge in [0.1, 0.15) is 6.33 Å². The zero-order valence-corrected chi connectivity index (χ0v) is 15.0. The Kier molecular flexibility index (Phi) is 4.05. The molecule has 0 spiro atoms. The minimum absolute atomic E-state index is 0.894. The Morgan fingerprint density at radius 2 is 2.00 bits per heavy atom. The van der Waals surface area contributed by atoms with Crippen LogP contribution in [0.25, 0.3) is 27.7 Å². The minimum atomic E-state index is 0.894. The summed E-state index contributed by atoms with van der Waals surface area (Å²) in [7, 11) is 1.91. The molecule has 3 heterocycles. The fraction of sp³-hybridized carbons (Fsp3) is 0.143. The lowest BCUT2D eigenvalue weighted by molar-refractivity contribution is 0.768. The quantitative estimate of drug-likeness (QED) is 0.561. The number of aromatic nitrogens is 5. The largest absolute Gasteiger partial charge is 0.275 e. The van der Waals surface area contributed by atoms with Gasteiger partial charge in [-0.3, -0.25) is 9.67 Å². The number of allylic oxidation sites excluding steroid dienone is 1. The first kappa shape index (κ1) is 16.1. The van der Waals surface area contributed by atoms with E-state index in [1.165, 1.54) is 0 Å². The van der Waals surface area contributed by atoms with Gasteiger partial charge in [-0.25, -0.2) is 9.97 Å². The molecule has 0 aliphatic rings. The fourth-order valence-corrected chi connectivity index (χ4v) is 3.26. The highest BCUT2D eigenvalue weighted by molar-refractivity contribution is 5.91. The van der Waals surface area contributed by atoms with Crippen molar-refractivity contribution < 1.29 is 0 Å². The molecule has 0 amide bonds. The van der Waals surface area contributed by atoms with Crippen LogP contribution in [0.1, 0.15) is 23.7 Å². The number of rotatable bonds is 3. The first-order chi connectivity index (χ1) is 12.7. The minimum Gasteiger partial charge on any atom is -0.275 e. The summed E-state index contributed by atoms with van der Waals surface area (Å²) in [6.07, 6.45) is 9.35. The van der Waals surface area contributed by atoms with Gasteiger partial charge >= 0.3 is 0 Å². The van der Waals surface area contributed by atoms with Crippen molar-refractivity contribution >= 4 is 16.5 Å². The molecule has 0 aliphatic heterocycles. The van der Waals surface area contributed by atoms with Crippen LogP contribution in [0.2, 0.25) is 0 Å². The van der Waals surface area contributed by atoms with E-state index < -0.39 is 0 Å². The Labute approximate surface area is 152 Å². The summed E-state index contributed by atoms with van der Waals surface area (Å²) in [5, 5.41) is 5.40. The van der Waals surface area contributed by atoms with Crippen LogP contribution < -0.4 is 0 Å². The first-order valence-electron chi connectivity index (χ1n) is 8.50. The van der Waals surface area contributed by atoms with E-state index >= 15 is 0 Å². The molecule has 4 rings (SSSR count). The van der Waals surface area contributed by atoms with E-state index in [4.69, 9.17) is 0 Å². The third-order valence-corrected chi connectivity index (χ3v) is 4.49. The van der Waals surface area contributed by atoms with E-state index in [0.717, 1.165) is 44.6 Å². The van der Waals surface area contributed by atoms with E-state index in [0.29, 0.717) is 0 Å². The molecule has 0 aliphatic carbocycles. The van der Waals surface area contributed by atoms with E-state index in [1.54, 1.807) is 11.0 Å². The summed E-state index contributed by atoms with van der Waals surface area (Å²) < 4.78 is 1.79. The third-order valence-electron chi connectivity index (χ3n) is 4.49. The molecule has 4 aromatic rings. The average molecular weight is 341 g/mol. The zero-order valence-electron chi connectivity index (χ0n) is 15.0. The van der Waals surface area contributed by atoms with Crippen molar-refractivity contribution in [3.05, 3.63) is 78.1 Å². The molecule has 0 saturated heterocycles. The van der Waals surface area contributed by atoms with Crippen molar-refractivity contribution in [2.24, 2.45) is 7.05 Å². The van der Waals surface area contributed by atoms with Crippen LogP contribution in [0, 0.1) is 6.92 Å². The molecule has 1 aromatic carbocycles. The van der Waals surface area contributed by atoms with E-state index in [1.807, 2.05) is 45.6 Å². The molecule has 26 heavy (non-hydrogen) atoms. The average Bonchev–Trinajstić information content (AvgIpc) is 3.09. The Morgan fingerprint density at radius 1 is 1.12 bits per heavy atom. The third kappa shape index (κ3) is 2.77. The van der Waals surface area contributed by atoms with Crippen LogP contribution in [0.15, 0.2) is 61.3 Å². The summed E-state index contributed by atoms with van der Waals surface area (Å²) in [6.45, 7) is 4.06. The smallest absolute Gasteiger partial charge is 0.116 e. The highest BCUT2D eigenvalue weighted by Gasteiger charge is 2.17. The van der Waals surface area contributed by atoms with E-state index in [2.05, 4.69) is 50.4 Å². The van der Waals surface area contributed by atoms with Gasteiger partial charge in [0.05, 0.1) is 17.4 Å². The van der Waals surface area contributed by atoms with Crippen molar-refractivity contribution in [3.63, 3.8) is 0 Å². The second kappa shape index (κ2) is 6.52. The van der Waals surface area contributed by atoms with Gasteiger partial charge in [-0.1, -0.05) is 18.2 Å². The lowest BCUT2D eigenvalue weighted by Crippen LogP contribution is -2.00. The number of hydrogen-bond acceptors (Lipinski definition) is 4. The highest BCUT2D eigenvalue weighted by atomic mass is 15.2. The molecular formula is C21H19N5. The maximum atomic E-state index is 4.56. The molecule has 5 heteroatoms. The van der Waals surface area contributed by atoms with Crippen LogP contribution in [-0.2, 0) is 7.05 Å². The van der Waals surface area contributed by atoms with Crippen molar-refractivity contribution in [2.75, 3.05) is 0 Å². The molecule has 3 aromatic heterocycles. The Bertz CT molecular complexity index is 1120. The molecule has 5 nitrogen and oxygen atoms in total. The molecule has 0 N–H and O–H groups in total. The second-order valence-corrected chi connectivity index (χ2v) is 6.20. The van der Waals surface area contributed by atoms with E-state index in [9.17, 15) is 0 Å². The number of pyridine rings is 1. The Hall–Kier alpha value is -3.34. The molecule has 0 radical (unpaired) electrons. The van der Waals surface area contributed by atoms with Gasteiger partial charge < -0.3 is 0 Å². The predicted molar refractivity (Wildman–Crippen MR) is 103 cm³/mol. The molecule has 128 valence electrons. The lowest BCUT2D eigenvalue weighted by Gasteiger charge is -2.14. The number of nitrogens with zero attached hydrogens (tertiary/aromatic N) is 5. The van der Waals surface area contributed by atoms with Crippen LogP contribution in [-0.4, -0.2) is 24.7 Å². The van der Waals surface area contributed by atoms with Gasteiger partial charge in [0.25, 0.3) is 0 Å². The van der Waals surface area contributed by atoms with Crippen molar-refractivity contribution in [2.45, 2.75) is 13.8 Å². The molecule has 0 atom stereocenters. The first-order valence-corrected chi connectivity index (χ1v) is 8.50. The van der Waals surface area contributed by atoms with Crippen LogP contribution in [0.4, 0.5) is 0 Å². The van der Waals surface area contributed by atoms with Gasteiger partial charge in [0.2, 0.25) is 0 Å². The van der Waals surface area contributed by atoms with Crippen LogP contribution in [0.3, 0.4) is 0 Å². The summed E-state index contributed by atoms with van der Waals surface area (Å²) in [5.74, 6) is 0. The fourth-order valence-electron chi connectivity index (χ4n) is 3.26. The van der Waals surface area contributed by atoms with Crippen LogP contribution in [0.5, 0.6) is 0 Å². The van der Waals surface area contributed by atoms with E-state index in [-0.39, 0.29) is 0 Å². The molecule has 0 saturated carbocycles. The van der Waals surface area contributed by atoms with Gasteiger partial charge in [-0.15, -0.1) is 0 Å². The Morgan fingerprint density at radius 3 is 2.77 bits per heavy atom. The Balaban J connectivity index is 1.92. The summed E-state index contributed by atoms with van der Waals surface area (Å²) in [4.78, 5) is 13.4. The lowest BCUT2D eigenvalue weighted by atomic mass is 9.92. The van der Waals surface area contributed by atoms with Gasteiger partial charge in [0, 0.05) is 41.6 Å². The van der Waals surface area contributed by atoms with Crippen molar-refractivity contribution in [3.8, 4) is 11.3 Å². The van der Waals surface area contributed by atoms with Crippen LogP contribution >= 0.6 is 0 Å². The van der Waals surface area contributed by atoms with Gasteiger partial charge in [-0.05, 0) is 43.2 Å². The predicted octanol–water partition coefficient (Wildman–Crippen LogP) is 4.19. The summed E-state index contributed by atoms with van der Waals surface area (Å²) in [5.41, 5.74) is 7.06. The molecular weight excluding hydrogens is 322 g/mol. The number of fused-ring (bicyclic) bond motifs is 1. The summed E-state index contributed by atoms with van der Waals surface area (Å²) >= 11 is 0. The number of hydrogen-bond donors (Lipinski definition) is 0. The SMILES string of the molecule is C/C=C(/c1ccc2ncccc2c1)c1c(C)ncnc1-c1cnn(C)c1. The monoisotopic (exact) mass is 341 g/mol. The second-order valence-electron chi connectivity index (χ2n) is 6.20. The maximum absolute atomic E-state index is 4.56. The normalized spacial score (nSPS) is 11.9. The highest BCUT2D eigenvalue weighted by Crippen LogP contribution is 2.33. The zero-order chi connectivity index (χ0) is 18.1. The molecule has 0 fully saturated rings. The standard InChI is InChI=1S/C21H19N5/c1-4-18(15-7-8-19-16(10-15)6-5-9-22-19)20-14(2)23-13-24-21(20)17-11-25-26(3)12-17/h4-13H,1-3H3/b18-4-. The van der Waals surface area contributed by atoms with Crippen molar-refractivity contribution in [1.29, 1.82) is 0 Å². The maximum Gasteiger partial charge on any atom is 0.116 e. The van der Waals surface area contributed by atoms with Gasteiger partial charge in [-0.2, -0.15) is 5.10 Å². The number of benzene rings is 1. The topological polar surface area (TPSA) is 56.5 Å². The summed E-state index contributed by atoms with van der Waals surface area (Å²) in [6, 6.07) is 10.4. The number of aryl methyl sites for hydroxylation is 2. The van der Waals surface area contributed by atoms with Crippen molar-refractivity contribution in [1.82, 2.24) is 24.7 Å². The molecule has 0 unspecified atom stereocenters. The molecule has 0 bridgehead atoms.